The highest BCUT2D eigenvalue weighted by Gasteiger charge is 2.31. The second-order valence-electron chi connectivity index (χ2n) is 6.92. The Morgan fingerprint density at radius 1 is 0.879 bits per heavy atom. The molecule has 0 saturated carbocycles. The van der Waals surface area contributed by atoms with Gasteiger partial charge < -0.3 is 9.47 Å². The molecule has 0 aliphatic carbocycles. The molecule has 0 spiro atoms. The molecule has 162 valence electrons. The lowest BCUT2D eigenvalue weighted by Crippen LogP contribution is -2.15. The monoisotopic (exact) mass is 438 g/mol. The smallest absolute Gasteiger partial charge is 0.357 e. The largest absolute Gasteiger partial charge is 0.465 e. The van der Waals surface area contributed by atoms with E-state index < -0.39 is 11.9 Å². The average molecular weight is 438 g/mol. The number of para-hydroxylation sites is 1. The van der Waals surface area contributed by atoms with Crippen molar-refractivity contribution in [1.29, 1.82) is 5.26 Å². The van der Waals surface area contributed by atoms with Gasteiger partial charge in [-0.2, -0.15) is 10.4 Å². The number of carbonyl (C=O) groups excluding carboxylic acids is 2. The minimum absolute atomic E-state index is 0.0115. The van der Waals surface area contributed by atoms with Crippen molar-refractivity contribution in [3.8, 4) is 34.3 Å². The fourth-order valence-corrected chi connectivity index (χ4v) is 3.39. The third-order valence-corrected chi connectivity index (χ3v) is 5.00. The summed E-state index contributed by atoms with van der Waals surface area (Å²) in [4.78, 5) is 29.7. The van der Waals surface area contributed by atoms with E-state index in [4.69, 9.17) is 14.7 Å². The molecule has 0 fully saturated rings. The van der Waals surface area contributed by atoms with Gasteiger partial charge in [0.25, 0.3) is 0 Å². The number of pyridine rings is 1. The van der Waals surface area contributed by atoms with Gasteiger partial charge in [-0.3, -0.25) is 4.98 Å². The topological polar surface area (TPSA) is 107 Å². The predicted octanol–water partition coefficient (Wildman–Crippen LogP) is 4.05. The first-order valence-corrected chi connectivity index (χ1v) is 9.89. The fourth-order valence-electron chi connectivity index (χ4n) is 3.39. The summed E-state index contributed by atoms with van der Waals surface area (Å²) < 4.78 is 11.3. The molecule has 0 unspecified atom stereocenters. The van der Waals surface area contributed by atoms with E-state index in [9.17, 15) is 9.59 Å². The minimum Gasteiger partial charge on any atom is -0.465 e. The Hall–Kier alpha value is -4.77. The van der Waals surface area contributed by atoms with Crippen LogP contribution in [0.5, 0.6) is 0 Å². The molecule has 8 heteroatoms. The Kier molecular flexibility index (Phi) is 5.96. The van der Waals surface area contributed by atoms with E-state index in [2.05, 4.69) is 10.1 Å². The quantitative estimate of drug-likeness (QED) is 0.433. The molecule has 2 heterocycles. The van der Waals surface area contributed by atoms with E-state index in [-0.39, 0.29) is 17.0 Å². The van der Waals surface area contributed by atoms with Gasteiger partial charge in [-0.05, 0) is 24.3 Å². The Labute approximate surface area is 189 Å². The number of carbonyl (C=O) groups is 2. The number of nitriles is 1. The number of hydrogen-bond acceptors (Lipinski definition) is 7. The van der Waals surface area contributed by atoms with Gasteiger partial charge in [0.2, 0.25) is 0 Å². The van der Waals surface area contributed by atoms with Crippen LogP contribution >= 0.6 is 0 Å². The van der Waals surface area contributed by atoms with Crippen molar-refractivity contribution >= 4 is 11.9 Å². The van der Waals surface area contributed by atoms with E-state index in [1.54, 1.807) is 48.5 Å². The van der Waals surface area contributed by atoms with E-state index in [0.29, 0.717) is 22.5 Å². The maximum absolute atomic E-state index is 12.7. The van der Waals surface area contributed by atoms with Crippen molar-refractivity contribution in [3.63, 3.8) is 0 Å². The van der Waals surface area contributed by atoms with Gasteiger partial charge in [0.05, 0.1) is 31.2 Å². The summed E-state index contributed by atoms with van der Waals surface area (Å²) in [5.74, 6) is -1.41. The van der Waals surface area contributed by atoms with Crippen LogP contribution in [-0.4, -0.2) is 40.9 Å². The van der Waals surface area contributed by atoms with Crippen LogP contribution in [0.4, 0.5) is 0 Å². The maximum atomic E-state index is 12.7. The number of benzene rings is 2. The van der Waals surface area contributed by atoms with Crippen molar-refractivity contribution < 1.29 is 19.1 Å². The van der Waals surface area contributed by atoms with Crippen molar-refractivity contribution in [2.45, 2.75) is 0 Å². The Bertz CT molecular complexity index is 1350. The Balaban J connectivity index is 1.86. The van der Waals surface area contributed by atoms with Crippen LogP contribution in [0.25, 0.3) is 28.2 Å². The molecule has 0 N–H and O–H groups in total. The van der Waals surface area contributed by atoms with Gasteiger partial charge in [-0.1, -0.05) is 42.5 Å². The zero-order valence-corrected chi connectivity index (χ0v) is 17.9. The van der Waals surface area contributed by atoms with Crippen molar-refractivity contribution in [3.05, 3.63) is 89.7 Å². The second kappa shape index (κ2) is 9.16. The zero-order chi connectivity index (χ0) is 23.4. The third-order valence-electron chi connectivity index (χ3n) is 5.00. The molecule has 0 radical (unpaired) electrons. The number of ether oxygens (including phenoxy) is 2. The fraction of sp³-hybridized carbons (Fsp3) is 0.0800. The van der Waals surface area contributed by atoms with Crippen LogP contribution in [0.2, 0.25) is 0 Å². The van der Waals surface area contributed by atoms with Gasteiger partial charge in [-0.15, -0.1) is 0 Å². The molecule has 0 amide bonds. The molecule has 2 aromatic carbocycles. The van der Waals surface area contributed by atoms with Crippen molar-refractivity contribution in [2.24, 2.45) is 0 Å². The van der Waals surface area contributed by atoms with Crippen LogP contribution in [0.3, 0.4) is 0 Å². The summed E-state index contributed by atoms with van der Waals surface area (Å²) in [7, 11) is 2.48. The van der Waals surface area contributed by atoms with Crippen LogP contribution < -0.4 is 0 Å². The van der Waals surface area contributed by atoms with Gasteiger partial charge in [0.1, 0.15) is 17.3 Å². The van der Waals surface area contributed by atoms with Crippen LogP contribution in [0, 0.1) is 11.3 Å². The number of nitrogens with zero attached hydrogens (tertiary/aromatic N) is 4. The van der Waals surface area contributed by atoms with Gasteiger partial charge in [-0.25, -0.2) is 14.3 Å². The zero-order valence-electron chi connectivity index (χ0n) is 17.9. The number of esters is 2. The van der Waals surface area contributed by atoms with E-state index in [1.807, 2.05) is 24.3 Å². The molecule has 4 aromatic rings. The lowest BCUT2D eigenvalue weighted by molar-refractivity contribution is 0.0549. The molecular weight excluding hydrogens is 420 g/mol. The van der Waals surface area contributed by atoms with Gasteiger partial charge in [0.15, 0.2) is 5.69 Å². The van der Waals surface area contributed by atoms with E-state index in [0.717, 1.165) is 5.56 Å². The summed E-state index contributed by atoms with van der Waals surface area (Å²) in [6, 6.07) is 21.7. The first-order chi connectivity index (χ1) is 16.1. The summed E-state index contributed by atoms with van der Waals surface area (Å²) in [6.45, 7) is 0. The summed E-state index contributed by atoms with van der Waals surface area (Å²) >= 11 is 0. The normalized spacial score (nSPS) is 10.3. The van der Waals surface area contributed by atoms with Crippen molar-refractivity contribution in [2.75, 3.05) is 14.2 Å². The molecule has 4 rings (SSSR count). The predicted molar refractivity (Wildman–Crippen MR) is 120 cm³/mol. The maximum Gasteiger partial charge on any atom is 0.357 e. The standard InChI is InChI=1S/C25H18N4O4/c1-32-24(30)21-22(28-29(23(21)25(31)33-2)19-6-4-3-5-7-19)18-11-9-17(10-12-18)20-13-8-16(14-26)15-27-20/h3-13,15H,1-2H3. The molecule has 8 nitrogen and oxygen atoms in total. The third kappa shape index (κ3) is 4.07. The second-order valence-corrected chi connectivity index (χ2v) is 6.92. The number of hydrogen-bond donors (Lipinski definition) is 0. The average Bonchev–Trinajstić information content (AvgIpc) is 3.29. The first-order valence-electron chi connectivity index (χ1n) is 9.89. The highest BCUT2D eigenvalue weighted by molar-refractivity contribution is 6.06. The highest BCUT2D eigenvalue weighted by atomic mass is 16.5. The molecule has 0 aliphatic rings. The number of methoxy groups -OCH3 is 2. The SMILES string of the molecule is COC(=O)c1c(-c2ccc(-c3ccc(C#N)cn3)cc2)nn(-c2ccccc2)c1C(=O)OC. The van der Waals surface area contributed by atoms with Gasteiger partial charge in [0, 0.05) is 17.3 Å². The van der Waals surface area contributed by atoms with E-state index >= 15 is 0 Å². The number of aromatic nitrogens is 3. The van der Waals surface area contributed by atoms with Crippen LogP contribution in [-0.2, 0) is 9.47 Å². The summed E-state index contributed by atoms with van der Waals surface area (Å²) in [5, 5.41) is 13.5. The molecule has 33 heavy (non-hydrogen) atoms. The van der Waals surface area contributed by atoms with Gasteiger partial charge >= 0.3 is 11.9 Å². The molecule has 0 atom stereocenters. The molecule has 2 aromatic heterocycles. The van der Waals surface area contributed by atoms with E-state index in [1.165, 1.54) is 25.1 Å². The lowest BCUT2D eigenvalue weighted by atomic mass is 10.0. The molecule has 0 saturated heterocycles. The van der Waals surface area contributed by atoms with Crippen LogP contribution in [0.15, 0.2) is 72.9 Å². The lowest BCUT2D eigenvalue weighted by Gasteiger charge is -2.07. The molecular formula is C25H18N4O4. The van der Waals surface area contributed by atoms with Crippen LogP contribution in [0.1, 0.15) is 26.4 Å². The summed E-state index contributed by atoms with van der Waals surface area (Å²) in [5.41, 5.74) is 3.45. The number of rotatable bonds is 5. The van der Waals surface area contributed by atoms with Crippen molar-refractivity contribution in [1.82, 2.24) is 14.8 Å². The Morgan fingerprint density at radius 3 is 2.12 bits per heavy atom. The first kappa shape index (κ1) is 21.5. The molecule has 0 bridgehead atoms. The Morgan fingerprint density at radius 2 is 1.55 bits per heavy atom. The minimum atomic E-state index is -0.712. The molecule has 0 aliphatic heterocycles. The highest BCUT2D eigenvalue weighted by Crippen LogP contribution is 2.30. The summed E-state index contributed by atoms with van der Waals surface area (Å²) in [6.07, 6.45) is 1.50.